The number of amides is 1. The number of piperidine rings is 1. The molecular formula is C25H29ClN4O2S. The van der Waals surface area contributed by atoms with E-state index in [-0.39, 0.29) is 11.8 Å². The fraction of sp³-hybridized carbons (Fsp3) is 0.400. The molecule has 6 nitrogen and oxygen atoms in total. The second-order valence-corrected chi connectivity index (χ2v) is 9.88. The summed E-state index contributed by atoms with van der Waals surface area (Å²) in [7, 11) is 0. The lowest BCUT2D eigenvalue weighted by Gasteiger charge is -2.30. The minimum atomic E-state index is 0.0762. The molecule has 1 aliphatic heterocycles. The van der Waals surface area contributed by atoms with Gasteiger partial charge in [-0.25, -0.2) is 0 Å². The summed E-state index contributed by atoms with van der Waals surface area (Å²) in [4.78, 5) is 19.3. The Hall–Kier alpha value is -2.35. The number of nitrogens with one attached hydrogen (secondary N) is 1. The molecule has 0 radical (unpaired) electrons. The standard InChI is InChI=1S/C25H29ClN4O2S/c1-18-5-2-3-6-21(18)17-33-14-11-27-25(31)19-9-12-30(13-10-19)16-23-28-24(29-32-23)20-7-4-8-22(26)15-20/h2-8,15,19H,9-14,16-17H2,1H3,(H,27,31). The number of nitrogens with zero attached hydrogens (tertiary/aromatic N) is 3. The summed E-state index contributed by atoms with van der Waals surface area (Å²) in [5, 5.41) is 7.83. The highest BCUT2D eigenvalue weighted by Crippen LogP contribution is 2.22. The quantitative estimate of drug-likeness (QED) is 0.433. The molecular weight excluding hydrogens is 456 g/mol. The van der Waals surface area contributed by atoms with Gasteiger partial charge in [0, 0.05) is 34.6 Å². The van der Waals surface area contributed by atoms with Gasteiger partial charge < -0.3 is 9.84 Å². The van der Waals surface area contributed by atoms with Crippen molar-refractivity contribution in [2.45, 2.75) is 32.1 Å². The first kappa shape index (κ1) is 23.8. The minimum absolute atomic E-state index is 0.0762. The van der Waals surface area contributed by atoms with E-state index in [1.807, 2.05) is 36.0 Å². The Balaban J connectivity index is 1.15. The zero-order valence-electron chi connectivity index (χ0n) is 18.8. The molecule has 0 spiro atoms. The predicted octanol–water partition coefficient (Wildman–Crippen LogP) is 4.96. The zero-order valence-corrected chi connectivity index (χ0v) is 20.4. The van der Waals surface area contributed by atoms with Crippen molar-refractivity contribution in [3.8, 4) is 11.4 Å². The normalized spacial score (nSPS) is 15.0. The first-order chi connectivity index (χ1) is 16.1. The maximum Gasteiger partial charge on any atom is 0.241 e. The lowest BCUT2D eigenvalue weighted by atomic mass is 9.96. The largest absolute Gasteiger partial charge is 0.355 e. The van der Waals surface area contributed by atoms with Crippen molar-refractivity contribution < 1.29 is 9.32 Å². The fourth-order valence-electron chi connectivity index (χ4n) is 3.95. The number of hydrogen-bond donors (Lipinski definition) is 1. The molecule has 33 heavy (non-hydrogen) atoms. The maximum absolute atomic E-state index is 12.5. The number of benzene rings is 2. The topological polar surface area (TPSA) is 71.3 Å². The molecule has 1 saturated heterocycles. The summed E-state index contributed by atoms with van der Waals surface area (Å²) < 4.78 is 5.42. The average molecular weight is 485 g/mol. The highest BCUT2D eigenvalue weighted by molar-refractivity contribution is 7.98. The van der Waals surface area contributed by atoms with Crippen LogP contribution in [0, 0.1) is 12.8 Å². The van der Waals surface area contributed by atoms with Crippen LogP contribution in [0.15, 0.2) is 53.1 Å². The third-order valence-electron chi connectivity index (χ3n) is 5.93. The van der Waals surface area contributed by atoms with Crippen molar-refractivity contribution in [1.82, 2.24) is 20.4 Å². The van der Waals surface area contributed by atoms with Crippen molar-refractivity contribution in [1.29, 1.82) is 0 Å². The average Bonchev–Trinajstić information content (AvgIpc) is 3.29. The maximum atomic E-state index is 12.5. The second kappa shape index (κ2) is 11.7. The van der Waals surface area contributed by atoms with E-state index in [4.69, 9.17) is 16.1 Å². The molecule has 4 rings (SSSR count). The molecule has 1 N–H and O–H groups in total. The van der Waals surface area contributed by atoms with E-state index in [9.17, 15) is 4.79 Å². The first-order valence-electron chi connectivity index (χ1n) is 11.3. The van der Waals surface area contributed by atoms with Gasteiger partial charge in [-0.2, -0.15) is 16.7 Å². The van der Waals surface area contributed by atoms with Crippen LogP contribution in [0.1, 0.15) is 29.9 Å². The SMILES string of the molecule is Cc1ccccc1CSCCNC(=O)C1CCN(Cc2nc(-c3cccc(Cl)c3)no2)CC1. The Labute approximate surface area is 204 Å². The summed E-state index contributed by atoms with van der Waals surface area (Å²) in [5.74, 6) is 3.28. The molecule has 1 amide bonds. The number of aromatic nitrogens is 2. The van der Waals surface area contributed by atoms with E-state index in [2.05, 4.69) is 51.5 Å². The lowest BCUT2D eigenvalue weighted by molar-refractivity contribution is -0.126. The monoisotopic (exact) mass is 484 g/mol. The van der Waals surface area contributed by atoms with Gasteiger partial charge in [-0.05, 0) is 56.1 Å². The van der Waals surface area contributed by atoms with Crippen LogP contribution in [0.5, 0.6) is 0 Å². The Kier molecular flexibility index (Phi) is 8.42. The van der Waals surface area contributed by atoms with Crippen molar-refractivity contribution in [2.24, 2.45) is 5.92 Å². The van der Waals surface area contributed by atoms with E-state index in [0.29, 0.717) is 29.8 Å². The summed E-state index contributed by atoms with van der Waals surface area (Å²) in [5.41, 5.74) is 3.52. The van der Waals surface area contributed by atoms with Crippen molar-refractivity contribution in [3.63, 3.8) is 0 Å². The van der Waals surface area contributed by atoms with Crippen LogP contribution in [0.2, 0.25) is 5.02 Å². The van der Waals surface area contributed by atoms with Gasteiger partial charge in [0.1, 0.15) is 0 Å². The molecule has 1 aliphatic rings. The number of halogens is 1. The lowest BCUT2D eigenvalue weighted by Crippen LogP contribution is -2.40. The van der Waals surface area contributed by atoms with Gasteiger partial charge in [-0.15, -0.1) is 0 Å². The molecule has 0 aliphatic carbocycles. The molecule has 174 valence electrons. The molecule has 2 aromatic carbocycles. The van der Waals surface area contributed by atoms with Crippen LogP contribution in [0.4, 0.5) is 0 Å². The van der Waals surface area contributed by atoms with E-state index in [0.717, 1.165) is 43.0 Å². The Morgan fingerprint density at radius 3 is 2.82 bits per heavy atom. The van der Waals surface area contributed by atoms with E-state index in [1.165, 1.54) is 11.1 Å². The first-order valence-corrected chi connectivity index (χ1v) is 12.8. The highest BCUT2D eigenvalue weighted by atomic mass is 35.5. The number of carbonyl (C=O) groups is 1. The second-order valence-electron chi connectivity index (χ2n) is 8.34. The number of thioether (sulfide) groups is 1. The van der Waals surface area contributed by atoms with Crippen LogP contribution < -0.4 is 5.32 Å². The van der Waals surface area contributed by atoms with Crippen LogP contribution >= 0.6 is 23.4 Å². The van der Waals surface area contributed by atoms with Gasteiger partial charge in [0.2, 0.25) is 17.6 Å². The summed E-state index contributed by atoms with van der Waals surface area (Å²) in [6.07, 6.45) is 1.69. The van der Waals surface area contributed by atoms with Crippen LogP contribution in [-0.4, -0.2) is 46.3 Å². The van der Waals surface area contributed by atoms with Crippen molar-refractivity contribution >= 4 is 29.3 Å². The third-order valence-corrected chi connectivity index (χ3v) is 7.18. The predicted molar refractivity (Wildman–Crippen MR) is 133 cm³/mol. The summed E-state index contributed by atoms with van der Waals surface area (Å²) >= 11 is 7.90. The number of aryl methyl sites for hydroxylation is 1. The number of likely N-dealkylation sites (tertiary alicyclic amines) is 1. The molecule has 1 aromatic heterocycles. The molecule has 0 bridgehead atoms. The fourth-order valence-corrected chi connectivity index (χ4v) is 5.08. The van der Waals surface area contributed by atoms with Gasteiger partial charge in [-0.3, -0.25) is 9.69 Å². The number of carbonyl (C=O) groups excluding carboxylic acids is 1. The molecule has 0 atom stereocenters. The Bertz CT molecular complexity index is 1070. The molecule has 2 heterocycles. The Morgan fingerprint density at radius 2 is 2.03 bits per heavy atom. The summed E-state index contributed by atoms with van der Waals surface area (Å²) in [6, 6.07) is 15.9. The molecule has 1 fully saturated rings. The van der Waals surface area contributed by atoms with E-state index in [1.54, 1.807) is 0 Å². The molecule has 0 unspecified atom stereocenters. The number of hydrogen-bond acceptors (Lipinski definition) is 6. The molecule has 8 heteroatoms. The smallest absolute Gasteiger partial charge is 0.241 e. The van der Waals surface area contributed by atoms with Crippen molar-refractivity contribution in [2.75, 3.05) is 25.4 Å². The number of rotatable bonds is 9. The molecule has 0 saturated carbocycles. The third kappa shape index (κ3) is 6.82. The van der Waals surface area contributed by atoms with Gasteiger partial charge in [-0.1, -0.05) is 53.2 Å². The Morgan fingerprint density at radius 1 is 1.21 bits per heavy atom. The van der Waals surface area contributed by atoms with Gasteiger partial charge in [0.05, 0.1) is 6.54 Å². The zero-order chi connectivity index (χ0) is 23.0. The van der Waals surface area contributed by atoms with E-state index < -0.39 is 0 Å². The highest BCUT2D eigenvalue weighted by Gasteiger charge is 2.25. The van der Waals surface area contributed by atoms with Gasteiger partial charge in [0.15, 0.2) is 0 Å². The molecule has 3 aromatic rings. The van der Waals surface area contributed by atoms with Crippen LogP contribution in [-0.2, 0) is 17.1 Å². The summed E-state index contributed by atoms with van der Waals surface area (Å²) in [6.45, 7) is 5.13. The van der Waals surface area contributed by atoms with Crippen LogP contribution in [0.25, 0.3) is 11.4 Å². The van der Waals surface area contributed by atoms with Crippen molar-refractivity contribution in [3.05, 3.63) is 70.6 Å². The van der Waals surface area contributed by atoms with Gasteiger partial charge >= 0.3 is 0 Å². The van der Waals surface area contributed by atoms with E-state index >= 15 is 0 Å². The van der Waals surface area contributed by atoms with Gasteiger partial charge in [0.25, 0.3) is 0 Å². The van der Waals surface area contributed by atoms with Crippen LogP contribution in [0.3, 0.4) is 0 Å². The minimum Gasteiger partial charge on any atom is -0.355 e.